The van der Waals surface area contributed by atoms with E-state index in [-0.39, 0.29) is 18.3 Å². The lowest BCUT2D eigenvalue weighted by Crippen LogP contribution is -2.24. The Morgan fingerprint density at radius 1 is 1.33 bits per heavy atom. The molecule has 1 aromatic carbocycles. The van der Waals surface area contributed by atoms with E-state index in [0.717, 1.165) is 29.5 Å². The molecular weight excluding hydrogens is 394 g/mol. The Kier molecular flexibility index (Phi) is 7.20. The number of aromatic nitrogens is 3. The van der Waals surface area contributed by atoms with E-state index >= 15 is 0 Å². The van der Waals surface area contributed by atoms with Gasteiger partial charge in [-0.15, -0.1) is 12.4 Å². The highest BCUT2D eigenvalue weighted by Gasteiger charge is 2.15. The Labute approximate surface area is 155 Å². The van der Waals surface area contributed by atoms with E-state index < -0.39 is 0 Å². The molecule has 8 heteroatoms. The zero-order valence-electron chi connectivity index (χ0n) is 13.2. The lowest BCUT2D eigenvalue weighted by molar-refractivity contribution is -0.121. The van der Waals surface area contributed by atoms with Crippen molar-refractivity contribution in [1.29, 1.82) is 0 Å². The van der Waals surface area contributed by atoms with Gasteiger partial charge in [0.2, 0.25) is 5.91 Å². The summed E-state index contributed by atoms with van der Waals surface area (Å²) in [7, 11) is 0. The van der Waals surface area contributed by atoms with Gasteiger partial charge < -0.3 is 10.6 Å². The van der Waals surface area contributed by atoms with Crippen molar-refractivity contribution in [2.45, 2.75) is 25.8 Å². The second-order valence-corrected chi connectivity index (χ2v) is 6.70. The monoisotopic (exact) mass is 413 g/mol. The van der Waals surface area contributed by atoms with Crippen molar-refractivity contribution in [2.24, 2.45) is 5.92 Å². The number of hydrogen-bond acceptors (Lipinski definition) is 4. The van der Waals surface area contributed by atoms with Crippen LogP contribution in [0.5, 0.6) is 0 Å². The normalized spacial score (nSPS) is 16.6. The standard InChI is InChI=1S/C16H20BrN5O.ClH/c17-13-4-2-12(3-5-13)16-20-14(21-22-16)10-19-15(23)6-1-11-7-8-18-9-11;/h2-5,11,18H,1,6-10H2,(H,19,23)(H,20,21,22);1H. The van der Waals surface area contributed by atoms with Gasteiger partial charge in [-0.1, -0.05) is 28.1 Å². The molecule has 3 N–H and O–H groups in total. The Hall–Kier alpha value is -1.44. The van der Waals surface area contributed by atoms with E-state index in [1.165, 1.54) is 6.42 Å². The van der Waals surface area contributed by atoms with Crippen LogP contribution >= 0.6 is 28.3 Å². The maximum atomic E-state index is 11.9. The average Bonchev–Trinajstić information content (AvgIpc) is 3.23. The van der Waals surface area contributed by atoms with E-state index in [0.29, 0.717) is 30.5 Å². The van der Waals surface area contributed by atoms with Crippen LogP contribution in [0, 0.1) is 5.92 Å². The minimum Gasteiger partial charge on any atom is -0.349 e. The number of carbonyl (C=O) groups excluding carboxylic acids is 1. The second-order valence-electron chi connectivity index (χ2n) is 5.79. The smallest absolute Gasteiger partial charge is 0.220 e. The summed E-state index contributed by atoms with van der Waals surface area (Å²) in [6.07, 6.45) is 2.69. The number of nitrogens with zero attached hydrogens (tertiary/aromatic N) is 2. The first kappa shape index (κ1) is 18.9. The summed E-state index contributed by atoms with van der Waals surface area (Å²) in [4.78, 5) is 16.3. The molecule has 0 radical (unpaired) electrons. The van der Waals surface area contributed by atoms with Gasteiger partial charge in [-0.2, -0.15) is 5.10 Å². The van der Waals surface area contributed by atoms with Gasteiger partial charge in [0.15, 0.2) is 5.82 Å². The molecule has 0 bridgehead atoms. The molecule has 2 aromatic rings. The molecule has 6 nitrogen and oxygen atoms in total. The van der Waals surface area contributed by atoms with E-state index in [4.69, 9.17) is 0 Å². The molecule has 1 aliphatic heterocycles. The molecule has 1 atom stereocenters. The first-order valence-electron chi connectivity index (χ1n) is 7.85. The Morgan fingerprint density at radius 3 is 2.83 bits per heavy atom. The molecule has 0 spiro atoms. The van der Waals surface area contributed by atoms with Crippen molar-refractivity contribution in [3.05, 3.63) is 34.6 Å². The van der Waals surface area contributed by atoms with Crippen LogP contribution in [0.15, 0.2) is 28.7 Å². The molecule has 1 unspecified atom stereocenters. The minimum absolute atomic E-state index is 0. The van der Waals surface area contributed by atoms with Crippen LogP contribution in [-0.2, 0) is 11.3 Å². The Bertz CT molecular complexity index is 655. The van der Waals surface area contributed by atoms with E-state index in [1.807, 2.05) is 24.3 Å². The van der Waals surface area contributed by atoms with Gasteiger partial charge in [-0.25, -0.2) is 4.98 Å². The van der Waals surface area contributed by atoms with Crippen LogP contribution in [0.25, 0.3) is 11.4 Å². The molecule has 1 amide bonds. The third kappa shape index (κ3) is 5.29. The van der Waals surface area contributed by atoms with Gasteiger partial charge in [0.05, 0.1) is 6.54 Å². The van der Waals surface area contributed by atoms with Crippen LogP contribution < -0.4 is 10.6 Å². The number of H-pyrrole nitrogens is 1. The highest BCUT2D eigenvalue weighted by Crippen LogP contribution is 2.18. The number of benzene rings is 1. The molecule has 0 aliphatic carbocycles. The molecule has 1 aliphatic rings. The Balaban J connectivity index is 0.00000208. The fourth-order valence-corrected chi connectivity index (χ4v) is 2.93. The predicted molar refractivity (Wildman–Crippen MR) is 98.8 cm³/mol. The summed E-state index contributed by atoms with van der Waals surface area (Å²) < 4.78 is 1.02. The van der Waals surface area contributed by atoms with Crippen molar-refractivity contribution in [2.75, 3.05) is 13.1 Å². The van der Waals surface area contributed by atoms with Crippen LogP contribution in [0.4, 0.5) is 0 Å². The zero-order chi connectivity index (χ0) is 16.1. The lowest BCUT2D eigenvalue weighted by atomic mass is 10.0. The number of aromatic amines is 1. The second kappa shape index (κ2) is 9.15. The summed E-state index contributed by atoms with van der Waals surface area (Å²) in [5.74, 6) is 2.01. The third-order valence-corrected chi connectivity index (χ3v) is 4.56. The fourth-order valence-electron chi connectivity index (χ4n) is 2.67. The van der Waals surface area contributed by atoms with Crippen LogP contribution in [-0.4, -0.2) is 34.2 Å². The van der Waals surface area contributed by atoms with Gasteiger partial charge in [-0.3, -0.25) is 9.89 Å². The molecule has 24 heavy (non-hydrogen) atoms. The van der Waals surface area contributed by atoms with E-state index in [9.17, 15) is 4.79 Å². The van der Waals surface area contributed by atoms with Gasteiger partial charge in [-0.05, 0) is 44.0 Å². The van der Waals surface area contributed by atoms with Crippen molar-refractivity contribution in [3.8, 4) is 11.4 Å². The summed E-state index contributed by atoms with van der Waals surface area (Å²) >= 11 is 3.40. The first-order chi connectivity index (χ1) is 11.2. The molecule has 130 valence electrons. The van der Waals surface area contributed by atoms with Gasteiger partial charge >= 0.3 is 0 Å². The van der Waals surface area contributed by atoms with Gasteiger partial charge in [0.25, 0.3) is 0 Å². The predicted octanol–water partition coefficient (Wildman–Crippen LogP) is 2.66. The summed E-state index contributed by atoms with van der Waals surface area (Å²) in [5.41, 5.74) is 0.941. The largest absolute Gasteiger partial charge is 0.349 e. The van der Waals surface area contributed by atoms with Crippen LogP contribution in [0.3, 0.4) is 0 Å². The number of nitrogens with one attached hydrogen (secondary N) is 3. The molecule has 3 rings (SSSR count). The van der Waals surface area contributed by atoms with Crippen LogP contribution in [0.1, 0.15) is 25.1 Å². The zero-order valence-corrected chi connectivity index (χ0v) is 15.6. The number of halogens is 2. The molecular formula is C16H21BrClN5O. The molecule has 0 saturated carbocycles. The Morgan fingerprint density at radius 2 is 2.12 bits per heavy atom. The highest BCUT2D eigenvalue weighted by molar-refractivity contribution is 9.10. The number of rotatable bonds is 6. The van der Waals surface area contributed by atoms with Crippen molar-refractivity contribution < 1.29 is 4.79 Å². The van der Waals surface area contributed by atoms with Crippen molar-refractivity contribution >= 4 is 34.2 Å². The van der Waals surface area contributed by atoms with Crippen molar-refractivity contribution in [3.63, 3.8) is 0 Å². The molecule has 1 saturated heterocycles. The summed E-state index contributed by atoms with van der Waals surface area (Å²) in [6, 6.07) is 7.80. The minimum atomic E-state index is 0. The van der Waals surface area contributed by atoms with Gasteiger partial charge in [0.1, 0.15) is 5.82 Å². The van der Waals surface area contributed by atoms with E-state index in [1.54, 1.807) is 0 Å². The molecule has 1 fully saturated rings. The van der Waals surface area contributed by atoms with E-state index in [2.05, 4.69) is 41.7 Å². The summed E-state index contributed by atoms with van der Waals surface area (Å²) in [5, 5.41) is 13.3. The molecule has 2 heterocycles. The summed E-state index contributed by atoms with van der Waals surface area (Å²) in [6.45, 7) is 2.49. The van der Waals surface area contributed by atoms with Gasteiger partial charge in [0, 0.05) is 16.5 Å². The fraction of sp³-hybridized carbons (Fsp3) is 0.438. The number of hydrogen-bond donors (Lipinski definition) is 3. The maximum absolute atomic E-state index is 11.9. The number of amides is 1. The van der Waals surface area contributed by atoms with Crippen molar-refractivity contribution in [1.82, 2.24) is 25.8 Å². The van der Waals surface area contributed by atoms with Crippen LogP contribution in [0.2, 0.25) is 0 Å². The number of carbonyl (C=O) groups is 1. The SMILES string of the molecule is Cl.O=C(CCC1CCNC1)NCc1nc(-c2ccc(Br)cc2)n[nH]1. The maximum Gasteiger partial charge on any atom is 0.220 e. The topological polar surface area (TPSA) is 82.7 Å². The molecule has 1 aromatic heterocycles. The first-order valence-corrected chi connectivity index (χ1v) is 8.64. The highest BCUT2D eigenvalue weighted by atomic mass is 79.9. The average molecular weight is 415 g/mol. The lowest BCUT2D eigenvalue weighted by Gasteiger charge is -2.07. The third-order valence-electron chi connectivity index (χ3n) is 4.03. The quantitative estimate of drug-likeness (QED) is 0.678.